The number of carbonyl (C=O) groups is 1. The molecule has 5 aromatic rings. The first-order valence-electron chi connectivity index (χ1n) is 12.8. The Bertz CT molecular complexity index is 1510. The number of rotatable bonds is 9. The molecular formula is C33H27N3O3Sn. The van der Waals surface area contributed by atoms with E-state index in [1.54, 1.807) is 12.1 Å². The first kappa shape index (κ1) is 27.0. The van der Waals surface area contributed by atoms with Crippen LogP contribution in [0, 0.1) is 0 Å². The number of aliphatic imine (C=N–C) groups is 1. The summed E-state index contributed by atoms with van der Waals surface area (Å²) in [6.45, 7) is -0.194. The topological polar surface area (TPSA) is 83.6 Å². The molecule has 0 aliphatic heterocycles. The number of azo groups is 1. The fourth-order valence-electron chi connectivity index (χ4n) is 4.43. The van der Waals surface area contributed by atoms with Crippen molar-refractivity contribution in [1.29, 1.82) is 0 Å². The Morgan fingerprint density at radius 2 is 1.12 bits per heavy atom. The summed E-state index contributed by atoms with van der Waals surface area (Å²) in [5, 5.41) is 18.8. The molecule has 0 aromatic heterocycles. The van der Waals surface area contributed by atoms with Crippen LogP contribution < -0.4 is 10.7 Å². The van der Waals surface area contributed by atoms with Gasteiger partial charge in [0.05, 0.1) is 0 Å². The van der Waals surface area contributed by atoms with E-state index in [-0.39, 0.29) is 12.3 Å². The molecule has 40 heavy (non-hydrogen) atoms. The van der Waals surface area contributed by atoms with E-state index in [0.29, 0.717) is 11.3 Å². The van der Waals surface area contributed by atoms with Crippen molar-refractivity contribution < 1.29 is 13.0 Å². The third-order valence-corrected chi connectivity index (χ3v) is 17.6. The molecule has 0 radical (unpaired) electrons. The Hall–Kier alpha value is -4.56. The standard InChI is InChI=1S/C15H13N3O3.3C6H5.Sn/c19-14-7-6-13(8-11(14)9-16-10-15(20)21)18-17-12-4-2-1-3-5-12;3*1-2-4-6-5-3-1;/h1-9,19H,10H2,(H,20,21);3*1-5H;/q;;;;+1/p-1. The van der Waals surface area contributed by atoms with Gasteiger partial charge in [0.15, 0.2) is 0 Å². The number of hydrogen-bond donors (Lipinski definition) is 1. The molecule has 0 heterocycles. The van der Waals surface area contributed by atoms with E-state index < -0.39 is 24.8 Å². The van der Waals surface area contributed by atoms with Gasteiger partial charge < -0.3 is 0 Å². The average molecular weight is 632 g/mol. The number of aromatic hydroxyl groups is 1. The Labute approximate surface area is 237 Å². The van der Waals surface area contributed by atoms with Gasteiger partial charge in [-0.3, -0.25) is 0 Å². The molecule has 0 aliphatic rings. The van der Waals surface area contributed by atoms with Crippen molar-refractivity contribution in [2.45, 2.75) is 0 Å². The number of hydrogen-bond acceptors (Lipinski definition) is 6. The van der Waals surface area contributed by atoms with Gasteiger partial charge in [0.2, 0.25) is 0 Å². The third kappa shape index (κ3) is 6.35. The second-order valence-corrected chi connectivity index (χ2v) is 18.4. The van der Waals surface area contributed by atoms with Gasteiger partial charge in [0, 0.05) is 0 Å². The molecule has 7 heteroatoms. The summed E-state index contributed by atoms with van der Waals surface area (Å²) in [7, 11) is 0. The molecule has 0 unspecified atom stereocenters. The molecule has 5 rings (SSSR count). The van der Waals surface area contributed by atoms with Crippen molar-refractivity contribution in [2.24, 2.45) is 15.2 Å². The Morgan fingerprint density at radius 3 is 1.65 bits per heavy atom. The zero-order valence-corrected chi connectivity index (χ0v) is 24.5. The summed E-state index contributed by atoms with van der Waals surface area (Å²) in [5.41, 5.74) is 1.71. The van der Waals surface area contributed by atoms with Gasteiger partial charge in [-0.1, -0.05) is 18.2 Å². The second kappa shape index (κ2) is 13.0. The summed E-state index contributed by atoms with van der Waals surface area (Å²) in [5.74, 6) is -0.398. The molecule has 0 fully saturated rings. The number of phenolic OH excluding ortho intramolecular Hbond substituents is 1. The summed E-state index contributed by atoms with van der Waals surface area (Å²) < 4.78 is 9.62. The van der Waals surface area contributed by atoms with Crippen LogP contribution in [0.15, 0.2) is 155 Å². The normalized spacial score (nSPS) is 11.6. The molecule has 0 amide bonds. The molecule has 0 saturated carbocycles. The summed E-state index contributed by atoms with van der Waals surface area (Å²) in [4.78, 5) is 17.7. The number of phenols is 1. The van der Waals surface area contributed by atoms with Crippen LogP contribution >= 0.6 is 0 Å². The minimum atomic E-state index is -4.21. The van der Waals surface area contributed by atoms with Gasteiger partial charge >= 0.3 is 220 Å². The molecular weight excluding hydrogens is 605 g/mol. The van der Waals surface area contributed by atoms with E-state index in [9.17, 15) is 9.90 Å². The third-order valence-electron chi connectivity index (χ3n) is 6.31. The Kier molecular flexibility index (Phi) is 8.78. The molecule has 5 aromatic carbocycles. The van der Waals surface area contributed by atoms with E-state index >= 15 is 0 Å². The number of carbonyl (C=O) groups excluding carboxylic acids is 1. The summed E-state index contributed by atoms with van der Waals surface area (Å²) in [6.07, 6.45) is 1.46. The van der Waals surface area contributed by atoms with Crippen LogP contribution in [0.3, 0.4) is 0 Å². The van der Waals surface area contributed by atoms with Crippen LogP contribution in [0.4, 0.5) is 11.4 Å². The van der Waals surface area contributed by atoms with E-state index in [2.05, 4.69) is 15.2 Å². The second-order valence-electron chi connectivity index (χ2n) is 9.00. The van der Waals surface area contributed by atoms with Crippen molar-refractivity contribution in [2.75, 3.05) is 6.54 Å². The predicted molar refractivity (Wildman–Crippen MR) is 161 cm³/mol. The van der Waals surface area contributed by atoms with Crippen molar-refractivity contribution in [3.8, 4) is 5.75 Å². The van der Waals surface area contributed by atoms with Gasteiger partial charge in [0.25, 0.3) is 0 Å². The molecule has 0 spiro atoms. The molecule has 6 nitrogen and oxygen atoms in total. The fourth-order valence-corrected chi connectivity index (χ4v) is 15.1. The maximum atomic E-state index is 13.4. The zero-order chi connectivity index (χ0) is 27.6. The van der Waals surface area contributed by atoms with Crippen LogP contribution in [0.25, 0.3) is 0 Å². The Balaban J connectivity index is 1.41. The number of nitrogens with zero attached hydrogens (tertiary/aromatic N) is 3. The van der Waals surface area contributed by atoms with Crippen LogP contribution in [0.5, 0.6) is 5.75 Å². The minimum absolute atomic E-state index is 0.0298. The zero-order valence-electron chi connectivity index (χ0n) is 21.7. The summed E-state index contributed by atoms with van der Waals surface area (Å²) in [6, 6.07) is 44.2. The van der Waals surface area contributed by atoms with Crippen molar-refractivity contribution in [3.63, 3.8) is 0 Å². The van der Waals surface area contributed by atoms with Crippen LogP contribution in [-0.4, -0.2) is 42.6 Å². The molecule has 0 aliphatic carbocycles. The van der Waals surface area contributed by atoms with Crippen molar-refractivity contribution in [3.05, 3.63) is 145 Å². The average Bonchev–Trinajstić information content (AvgIpc) is 3.02. The Morgan fingerprint density at radius 1 is 0.650 bits per heavy atom. The molecule has 0 saturated heterocycles. The monoisotopic (exact) mass is 633 g/mol. The SMILES string of the molecule is O=C(CN=Cc1cc(N=Nc2ccccc2)ccc1O)[O][Sn]([c]1ccccc1)([c]1ccccc1)[c]1ccccc1. The van der Waals surface area contributed by atoms with Gasteiger partial charge in [-0.2, -0.15) is 0 Å². The molecule has 0 atom stereocenters. The first-order valence-corrected chi connectivity index (χ1v) is 18.3. The summed E-state index contributed by atoms with van der Waals surface area (Å²) >= 11 is -4.21. The van der Waals surface area contributed by atoms with E-state index in [1.807, 2.05) is 121 Å². The molecule has 1 N–H and O–H groups in total. The number of benzene rings is 5. The molecule has 196 valence electrons. The predicted octanol–water partition coefficient (Wildman–Crippen LogP) is 5.44. The van der Waals surface area contributed by atoms with Crippen molar-refractivity contribution >= 4 is 53.1 Å². The van der Waals surface area contributed by atoms with E-state index in [0.717, 1.165) is 16.4 Å². The van der Waals surface area contributed by atoms with E-state index in [1.165, 1.54) is 12.3 Å². The van der Waals surface area contributed by atoms with Gasteiger partial charge in [-0.25, -0.2) is 0 Å². The van der Waals surface area contributed by atoms with Crippen molar-refractivity contribution in [1.82, 2.24) is 0 Å². The quantitative estimate of drug-likeness (QED) is 0.134. The van der Waals surface area contributed by atoms with Gasteiger partial charge in [0.1, 0.15) is 0 Å². The van der Waals surface area contributed by atoms with E-state index in [4.69, 9.17) is 3.07 Å². The fraction of sp³-hybridized carbons (Fsp3) is 0.0303. The van der Waals surface area contributed by atoms with Crippen LogP contribution in [0.1, 0.15) is 5.56 Å². The molecule has 0 bridgehead atoms. The van der Waals surface area contributed by atoms with Gasteiger partial charge in [-0.15, -0.1) is 0 Å². The van der Waals surface area contributed by atoms with Crippen LogP contribution in [0.2, 0.25) is 0 Å². The maximum absolute atomic E-state index is 13.4. The van der Waals surface area contributed by atoms with Gasteiger partial charge in [-0.05, 0) is 0 Å². The first-order chi connectivity index (χ1) is 19.6. The van der Waals surface area contributed by atoms with Crippen LogP contribution in [-0.2, 0) is 7.87 Å².